The summed E-state index contributed by atoms with van der Waals surface area (Å²) in [5, 5.41) is 8.82. The summed E-state index contributed by atoms with van der Waals surface area (Å²) in [4.78, 5) is 10.7. The Kier molecular flexibility index (Phi) is 8.16. The molecule has 0 aromatic heterocycles. The van der Waals surface area contributed by atoms with Crippen LogP contribution in [0.2, 0.25) is 0 Å². The largest absolute Gasteiger partial charge is 0.497 e. The molecule has 0 radical (unpaired) electrons. The van der Waals surface area contributed by atoms with Gasteiger partial charge in [-0.2, -0.15) is 0 Å². The number of carboxylic acid groups (broad SMARTS) is 1. The molecule has 0 spiro atoms. The van der Waals surface area contributed by atoms with E-state index in [0.717, 1.165) is 33.8 Å². The number of hydrogen-bond acceptors (Lipinski definition) is 4. The lowest BCUT2D eigenvalue weighted by atomic mass is 10.1. The molecule has 0 amide bonds. The predicted octanol–water partition coefficient (Wildman–Crippen LogP) is 4.88. The van der Waals surface area contributed by atoms with Crippen molar-refractivity contribution in [3.05, 3.63) is 89.0 Å². The first-order valence-corrected chi connectivity index (χ1v) is 10.4. The van der Waals surface area contributed by atoms with Crippen LogP contribution < -0.4 is 14.2 Å². The molecular weight excluding hydrogens is 404 g/mol. The molecule has 0 atom stereocenters. The zero-order valence-corrected chi connectivity index (χ0v) is 18.3. The molecule has 5 heteroatoms. The number of hydrogen-bond donors (Lipinski definition) is 1. The summed E-state index contributed by atoms with van der Waals surface area (Å²) in [6.45, 7) is 3.01. The van der Waals surface area contributed by atoms with Crippen molar-refractivity contribution >= 4 is 5.97 Å². The molecule has 1 N–H and O–H groups in total. The highest BCUT2D eigenvalue weighted by atomic mass is 16.5. The van der Waals surface area contributed by atoms with Crippen LogP contribution in [0.15, 0.2) is 66.7 Å². The summed E-state index contributed by atoms with van der Waals surface area (Å²) in [7, 11) is 1.64. The average molecular weight is 431 g/mol. The normalized spacial score (nSPS) is 10.1. The molecule has 0 saturated carbocycles. The molecule has 0 aliphatic heterocycles. The second kappa shape index (κ2) is 11.5. The van der Waals surface area contributed by atoms with Gasteiger partial charge in [0.25, 0.3) is 0 Å². The van der Waals surface area contributed by atoms with Gasteiger partial charge in [-0.25, -0.2) is 0 Å². The fraction of sp³-hybridized carbons (Fsp3) is 0.222. The molecule has 0 saturated heterocycles. The van der Waals surface area contributed by atoms with Crippen LogP contribution in [0.5, 0.6) is 17.2 Å². The van der Waals surface area contributed by atoms with Crippen LogP contribution in [0.1, 0.15) is 28.7 Å². The van der Waals surface area contributed by atoms with Crippen molar-refractivity contribution in [3.63, 3.8) is 0 Å². The van der Waals surface area contributed by atoms with Crippen LogP contribution in [0, 0.1) is 18.8 Å². The van der Waals surface area contributed by atoms with Gasteiger partial charge in [-0.3, -0.25) is 4.79 Å². The first-order valence-electron chi connectivity index (χ1n) is 10.4. The Morgan fingerprint density at radius 1 is 0.906 bits per heavy atom. The van der Waals surface area contributed by atoms with Crippen molar-refractivity contribution in [2.75, 3.05) is 20.3 Å². The first kappa shape index (κ1) is 22.8. The number of methoxy groups -OCH3 is 1. The second-order valence-corrected chi connectivity index (χ2v) is 7.25. The molecule has 3 aromatic carbocycles. The van der Waals surface area contributed by atoms with Crippen LogP contribution in [0.25, 0.3) is 0 Å². The molecule has 0 aliphatic carbocycles. The molecule has 164 valence electrons. The third-order valence-corrected chi connectivity index (χ3v) is 4.64. The number of aliphatic carboxylic acids is 1. The Morgan fingerprint density at radius 3 is 2.44 bits per heavy atom. The van der Waals surface area contributed by atoms with Crippen molar-refractivity contribution in [1.29, 1.82) is 0 Å². The van der Waals surface area contributed by atoms with Crippen molar-refractivity contribution in [3.8, 4) is 29.1 Å². The van der Waals surface area contributed by atoms with E-state index in [9.17, 15) is 4.79 Å². The van der Waals surface area contributed by atoms with Gasteiger partial charge in [0.05, 0.1) is 32.3 Å². The minimum atomic E-state index is -0.848. The Bertz CT molecular complexity index is 1110. The Balaban J connectivity index is 1.53. The number of carbonyl (C=O) groups is 1. The van der Waals surface area contributed by atoms with Gasteiger partial charge in [-0.05, 0) is 60.5 Å². The van der Waals surface area contributed by atoms with Gasteiger partial charge < -0.3 is 19.3 Å². The van der Waals surface area contributed by atoms with E-state index in [0.29, 0.717) is 25.4 Å². The van der Waals surface area contributed by atoms with Crippen LogP contribution in [-0.4, -0.2) is 31.4 Å². The van der Waals surface area contributed by atoms with E-state index in [1.54, 1.807) is 31.4 Å². The van der Waals surface area contributed by atoms with Crippen molar-refractivity contribution < 1.29 is 24.1 Å². The van der Waals surface area contributed by atoms with E-state index in [1.807, 2.05) is 49.4 Å². The van der Waals surface area contributed by atoms with E-state index in [2.05, 4.69) is 11.8 Å². The first-order chi connectivity index (χ1) is 15.5. The Morgan fingerprint density at radius 2 is 1.69 bits per heavy atom. The lowest BCUT2D eigenvalue weighted by Crippen LogP contribution is -2.06. The summed E-state index contributed by atoms with van der Waals surface area (Å²) in [6, 6.07) is 20.7. The Labute approximate surface area is 188 Å². The van der Waals surface area contributed by atoms with Crippen molar-refractivity contribution in [1.82, 2.24) is 0 Å². The van der Waals surface area contributed by atoms with E-state index in [1.165, 1.54) is 0 Å². The molecular formula is C27H26O5. The van der Waals surface area contributed by atoms with Crippen LogP contribution in [0.4, 0.5) is 0 Å². The molecule has 0 aliphatic rings. The number of carboxylic acids is 1. The highest BCUT2D eigenvalue weighted by Gasteiger charge is 2.04. The highest BCUT2D eigenvalue weighted by molar-refractivity contribution is 5.70. The fourth-order valence-electron chi connectivity index (χ4n) is 3.02. The quantitative estimate of drug-likeness (QED) is 0.387. The van der Waals surface area contributed by atoms with Crippen molar-refractivity contribution in [2.45, 2.75) is 19.8 Å². The fourth-order valence-corrected chi connectivity index (χ4v) is 3.02. The zero-order chi connectivity index (χ0) is 22.8. The highest BCUT2D eigenvalue weighted by Crippen LogP contribution is 2.20. The monoisotopic (exact) mass is 430 g/mol. The van der Waals surface area contributed by atoms with Gasteiger partial charge in [0.1, 0.15) is 17.2 Å². The summed E-state index contributed by atoms with van der Waals surface area (Å²) in [5.41, 5.74) is 3.57. The lowest BCUT2D eigenvalue weighted by Gasteiger charge is -2.10. The van der Waals surface area contributed by atoms with Crippen LogP contribution >= 0.6 is 0 Å². The third-order valence-electron chi connectivity index (χ3n) is 4.64. The maximum atomic E-state index is 10.7. The van der Waals surface area contributed by atoms with Crippen LogP contribution in [-0.2, 0) is 11.2 Å². The third kappa shape index (κ3) is 7.10. The van der Waals surface area contributed by atoms with Crippen LogP contribution in [0.3, 0.4) is 0 Å². The minimum absolute atomic E-state index is 0.00765. The lowest BCUT2D eigenvalue weighted by molar-refractivity contribution is -0.136. The molecule has 0 heterocycles. The van der Waals surface area contributed by atoms with E-state index in [4.69, 9.17) is 19.3 Å². The summed E-state index contributed by atoms with van der Waals surface area (Å²) in [6.07, 6.45) is 0.710. The minimum Gasteiger partial charge on any atom is -0.497 e. The Hall–Kier alpha value is -3.91. The zero-order valence-electron chi connectivity index (χ0n) is 18.3. The number of benzene rings is 3. The van der Waals surface area contributed by atoms with Gasteiger partial charge >= 0.3 is 5.97 Å². The van der Waals surface area contributed by atoms with Crippen molar-refractivity contribution in [2.24, 2.45) is 0 Å². The molecule has 5 nitrogen and oxygen atoms in total. The number of aryl methyl sites for hydroxylation is 1. The SMILES string of the molecule is COc1cccc(C#Cc2cc(C)ccc2OCCCOc2ccc(CC(=O)O)cc2)c1. The predicted molar refractivity (Wildman–Crippen MR) is 124 cm³/mol. The number of ether oxygens (including phenoxy) is 3. The molecule has 0 bridgehead atoms. The maximum absolute atomic E-state index is 10.7. The topological polar surface area (TPSA) is 65.0 Å². The molecule has 3 aromatic rings. The number of rotatable bonds is 9. The van der Waals surface area contributed by atoms with Gasteiger partial charge in [-0.15, -0.1) is 0 Å². The molecule has 0 unspecified atom stereocenters. The second-order valence-electron chi connectivity index (χ2n) is 7.25. The summed E-state index contributed by atoms with van der Waals surface area (Å²) >= 11 is 0. The van der Waals surface area contributed by atoms with Gasteiger partial charge in [0.2, 0.25) is 0 Å². The smallest absolute Gasteiger partial charge is 0.307 e. The average Bonchev–Trinajstić information content (AvgIpc) is 2.79. The molecule has 32 heavy (non-hydrogen) atoms. The van der Waals surface area contributed by atoms with Gasteiger partial charge in [0, 0.05) is 12.0 Å². The van der Waals surface area contributed by atoms with E-state index in [-0.39, 0.29) is 6.42 Å². The summed E-state index contributed by atoms with van der Waals surface area (Å²) < 4.78 is 16.9. The van der Waals surface area contributed by atoms with E-state index < -0.39 is 5.97 Å². The molecule has 3 rings (SSSR count). The molecule has 0 fully saturated rings. The summed E-state index contributed by atoms with van der Waals surface area (Å²) in [5.74, 6) is 7.75. The maximum Gasteiger partial charge on any atom is 0.307 e. The van der Waals surface area contributed by atoms with Gasteiger partial charge in [0.15, 0.2) is 0 Å². The standard InChI is InChI=1S/C27H26O5/c1-20-7-14-26(23(17-20)11-8-21-5-3-6-25(18-21)30-2)32-16-4-15-31-24-12-9-22(10-13-24)19-27(28)29/h3,5-7,9-10,12-14,17-18H,4,15-16,19H2,1-2H3,(H,28,29). The van der Waals surface area contributed by atoms with Gasteiger partial charge in [-0.1, -0.05) is 36.1 Å². The van der Waals surface area contributed by atoms with E-state index >= 15 is 0 Å².